The Bertz CT molecular complexity index is 755. The highest BCUT2D eigenvalue weighted by molar-refractivity contribution is 7.17. The number of aryl methyl sites for hydroxylation is 1. The molecule has 0 saturated heterocycles. The number of nitrogens with zero attached hydrogens (tertiary/aromatic N) is 1. The molecule has 0 spiro atoms. The van der Waals surface area contributed by atoms with Crippen LogP contribution in [0.25, 0.3) is 10.6 Å². The van der Waals surface area contributed by atoms with Crippen LogP contribution in [0.2, 0.25) is 0 Å². The summed E-state index contributed by atoms with van der Waals surface area (Å²) in [4.78, 5) is 28.5. The van der Waals surface area contributed by atoms with Gasteiger partial charge in [0.2, 0.25) is 0 Å². The lowest BCUT2D eigenvalue weighted by molar-refractivity contribution is -0.140. The first-order valence-electron chi connectivity index (χ1n) is 7.49. The zero-order valence-electron chi connectivity index (χ0n) is 14.0. The molecular formula is C17H20N2O4S. The third-order valence-corrected chi connectivity index (χ3v) is 4.74. The Morgan fingerprint density at radius 2 is 2.04 bits per heavy atom. The van der Waals surface area contributed by atoms with Crippen molar-refractivity contribution in [3.63, 3.8) is 0 Å². The molecule has 2 aromatic rings. The van der Waals surface area contributed by atoms with E-state index in [1.807, 2.05) is 24.3 Å². The number of hydrogen-bond acceptors (Lipinski definition) is 5. The van der Waals surface area contributed by atoms with Gasteiger partial charge in [0.25, 0.3) is 5.91 Å². The third-order valence-electron chi connectivity index (χ3n) is 3.54. The first-order valence-corrected chi connectivity index (χ1v) is 8.30. The fraction of sp³-hybridized carbons (Fsp3) is 0.353. The molecule has 1 atom stereocenters. The molecule has 0 aliphatic rings. The molecule has 1 amide bonds. The number of carboxylic acid groups (broad SMARTS) is 1. The zero-order chi connectivity index (χ0) is 17.9. The van der Waals surface area contributed by atoms with Gasteiger partial charge in [-0.15, -0.1) is 11.3 Å². The van der Waals surface area contributed by atoms with Crippen LogP contribution >= 0.6 is 11.3 Å². The largest absolute Gasteiger partial charge is 0.497 e. The normalized spacial score (nSPS) is 12.0. The summed E-state index contributed by atoms with van der Waals surface area (Å²) in [6.07, 6.45) is 0. The highest BCUT2D eigenvalue weighted by Crippen LogP contribution is 2.30. The standard InChI is InChI=1S/C17H20N2O4S/c1-9(2)13(17(21)22)19-15(20)14-10(3)18-16(24-14)11-6-5-7-12(8-11)23-4/h5-9,13H,1-4H3,(H,19,20)(H,21,22). The van der Waals surface area contributed by atoms with Crippen molar-refractivity contribution < 1.29 is 19.4 Å². The maximum Gasteiger partial charge on any atom is 0.326 e. The highest BCUT2D eigenvalue weighted by atomic mass is 32.1. The minimum Gasteiger partial charge on any atom is -0.497 e. The summed E-state index contributed by atoms with van der Waals surface area (Å²) >= 11 is 1.23. The molecule has 0 bridgehead atoms. The molecule has 24 heavy (non-hydrogen) atoms. The second-order valence-corrected chi connectivity index (χ2v) is 6.70. The molecule has 0 radical (unpaired) electrons. The van der Waals surface area contributed by atoms with Gasteiger partial charge >= 0.3 is 5.97 Å². The average Bonchev–Trinajstić information content (AvgIpc) is 2.93. The van der Waals surface area contributed by atoms with Gasteiger partial charge in [0, 0.05) is 5.56 Å². The van der Waals surface area contributed by atoms with Crippen molar-refractivity contribution in [3.05, 3.63) is 34.8 Å². The molecule has 0 fully saturated rings. The Labute approximate surface area is 144 Å². The molecule has 1 heterocycles. The predicted octanol–water partition coefficient (Wildman–Crippen LogP) is 2.97. The van der Waals surface area contributed by atoms with Crippen molar-refractivity contribution in [3.8, 4) is 16.3 Å². The Kier molecular flexibility index (Phi) is 5.56. The molecule has 2 N–H and O–H groups in total. The molecule has 7 heteroatoms. The molecule has 128 valence electrons. The number of aliphatic carboxylic acids is 1. The Balaban J connectivity index is 2.27. The van der Waals surface area contributed by atoms with Crippen LogP contribution in [-0.2, 0) is 4.79 Å². The van der Waals surface area contributed by atoms with E-state index < -0.39 is 17.9 Å². The number of carbonyl (C=O) groups excluding carboxylic acids is 1. The number of methoxy groups -OCH3 is 1. The minimum absolute atomic E-state index is 0.211. The van der Waals surface area contributed by atoms with Crippen LogP contribution in [-0.4, -0.2) is 35.1 Å². The van der Waals surface area contributed by atoms with Crippen molar-refractivity contribution in [2.45, 2.75) is 26.8 Å². The fourth-order valence-electron chi connectivity index (χ4n) is 2.21. The topological polar surface area (TPSA) is 88.5 Å². The van der Waals surface area contributed by atoms with Crippen molar-refractivity contribution in [1.82, 2.24) is 10.3 Å². The zero-order valence-corrected chi connectivity index (χ0v) is 14.8. The highest BCUT2D eigenvalue weighted by Gasteiger charge is 2.26. The smallest absolute Gasteiger partial charge is 0.326 e. The van der Waals surface area contributed by atoms with E-state index >= 15 is 0 Å². The number of nitrogens with one attached hydrogen (secondary N) is 1. The molecule has 0 aliphatic heterocycles. The summed E-state index contributed by atoms with van der Waals surface area (Å²) in [5, 5.41) is 12.5. The number of hydrogen-bond donors (Lipinski definition) is 2. The van der Waals surface area contributed by atoms with E-state index in [1.165, 1.54) is 11.3 Å². The number of rotatable bonds is 6. The van der Waals surface area contributed by atoms with E-state index in [0.29, 0.717) is 21.3 Å². The van der Waals surface area contributed by atoms with Crippen molar-refractivity contribution in [2.24, 2.45) is 5.92 Å². The van der Waals surface area contributed by atoms with Crippen molar-refractivity contribution in [1.29, 1.82) is 0 Å². The monoisotopic (exact) mass is 348 g/mol. The Hall–Kier alpha value is -2.41. The van der Waals surface area contributed by atoms with Gasteiger partial charge in [-0.1, -0.05) is 26.0 Å². The number of carboxylic acids is 1. The molecule has 1 unspecified atom stereocenters. The van der Waals surface area contributed by atoms with Crippen LogP contribution in [0.4, 0.5) is 0 Å². The van der Waals surface area contributed by atoms with Gasteiger partial charge in [-0.05, 0) is 25.0 Å². The van der Waals surface area contributed by atoms with E-state index in [-0.39, 0.29) is 5.92 Å². The van der Waals surface area contributed by atoms with Crippen LogP contribution in [0.15, 0.2) is 24.3 Å². The fourth-order valence-corrected chi connectivity index (χ4v) is 3.17. The first kappa shape index (κ1) is 17.9. The van der Waals surface area contributed by atoms with Gasteiger partial charge in [-0.25, -0.2) is 9.78 Å². The molecule has 6 nitrogen and oxygen atoms in total. The lowest BCUT2D eigenvalue weighted by Gasteiger charge is -2.17. The Morgan fingerprint density at radius 3 is 2.62 bits per heavy atom. The molecule has 1 aromatic heterocycles. The van der Waals surface area contributed by atoms with Gasteiger partial charge in [0.1, 0.15) is 21.7 Å². The minimum atomic E-state index is -1.05. The van der Waals surface area contributed by atoms with Crippen LogP contribution in [0.5, 0.6) is 5.75 Å². The summed E-state index contributed by atoms with van der Waals surface area (Å²) in [6, 6.07) is 6.48. The van der Waals surface area contributed by atoms with Gasteiger partial charge in [0.15, 0.2) is 0 Å². The molecule has 0 saturated carbocycles. The lowest BCUT2D eigenvalue weighted by atomic mass is 10.0. The van der Waals surface area contributed by atoms with Gasteiger partial charge in [-0.2, -0.15) is 0 Å². The quantitative estimate of drug-likeness (QED) is 0.838. The van der Waals surface area contributed by atoms with Crippen LogP contribution < -0.4 is 10.1 Å². The lowest BCUT2D eigenvalue weighted by Crippen LogP contribution is -2.44. The number of thiazole rings is 1. The maximum absolute atomic E-state index is 12.4. The number of ether oxygens (including phenoxy) is 1. The second kappa shape index (κ2) is 7.44. The third kappa shape index (κ3) is 3.91. The summed E-state index contributed by atoms with van der Waals surface area (Å²) in [6.45, 7) is 5.24. The molecular weight excluding hydrogens is 328 g/mol. The van der Waals surface area contributed by atoms with E-state index in [0.717, 1.165) is 5.56 Å². The summed E-state index contributed by atoms with van der Waals surface area (Å²) in [5.74, 6) is -0.969. The summed E-state index contributed by atoms with van der Waals surface area (Å²) in [7, 11) is 1.59. The molecule has 0 aliphatic carbocycles. The second-order valence-electron chi connectivity index (χ2n) is 5.70. The van der Waals surface area contributed by atoms with E-state index in [2.05, 4.69) is 10.3 Å². The summed E-state index contributed by atoms with van der Waals surface area (Å²) < 4.78 is 5.20. The van der Waals surface area contributed by atoms with Crippen molar-refractivity contribution in [2.75, 3.05) is 7.11 Å². The number of carbonyl (C=O) groups is 2. The van der Waals surface area contributed by atoms with Crippen LogP contribution in [0.1, 0.15) is 29.2 Å². The van der Waals surface area contributed by atoms with E-state index in [4.69, 9.17) is 4.74 Å². The van der Waals surface area contributed by atoms with Crippen molar-refractivity contribution >= 4 is 23.2 Å². The van der Waals surface area contributed by atoms with Gasteiger partial charge in [-0.3, -0.25) is 4.79 Å². The van der Waals surface area contributed by atoms with E-state index in [9.17, 15) is 14.7 Å². The van der Waals surface area contributed by atoms with Gasteiger partial charge in [0.05, 0.1) is 12.8 Å². The Morgan fingerprint density at radius 1 is 1.33 bits per heavy atom. The van der Waals surface area contributed by atoms with Crippen LogP contribution in [0.3, 0.4) is 0 Å². The van der Waals surface area contributed by atoms with Gasteiger partial charge < -0.3 is 15.2 Å². The number of benzene rings is 1. The summed E-state index contributed by atoms with van der Waals surface area (Å²) in [5.41, 5.74) is 1.42. The predicted molar refractivity (Wildman–Crippen MR) is 92.6 cm³/mol. The SMILES string of the molecule is COc1cccc(-c2nc(C)c(C(=O)NC(C(=O)O)C(C)C)s2)c1. The molecule has 2 rings (SSSR count). The average molecular weight is 348 g/mol. The number of amides is 1. The van der Waals surface area contributed by atoms with E-state index in [1.54, 1.807) is 27.9 Å². The number of aromatic nitrogens is 1. The molecule has 1 aromatic carbocycles. The first-order chi connectivity index (χ1) is 11.3. The maximum atomic E-state index is 12.4. The van der Waals surface area contributed by atoms with Crippen LogP contribution in [0, 0.1) is 12.8 Å².